The monoisotopic (exact) mass is 369 g/mol. The second-order valence-electron chi connectivity index (χ2n) is 5.54. The van der Waals surface area contributed by atoms with Crippen molar-refractivity contribution in [3.63, 3.8) is 0 Å². The maximum Gasteiger partial charge on any atom is 0.258 e. The van der Waals surface area contributed by atoms with Crippen LogP contribution in [0.2, 0.25) is 0 Å². The van der Waals surface area contributed by atoms with E-state index in [1.54, 1.807) is 42.7 Å². The molecular formula is C19H19N3O5. The Bertz CT molecular complexity index is 813. The molecule has 27 heavy (non-hydrogen) atoms. The Labute approximate surface area is 155 Å². The molecule has 2 amide bonds. The van der Waals surface area contributed by atoms with Gasteiger partial charge in [-0.3, -0.25) is 9.59 Å². The molecule has 0 unspecified atom stereocenters. The predicted octanol–water partition coefficient (Wildman–Crippen LogP) is 2.07. The number of hydrogen-bond donors (Lipinski definition) is 3. The van der Waals surface area contributed by atoms with Crippen LogP contribution in [0.5, 0.6) is 0 Å². The average Bonchev–Trinajstić information content (AvgIpc) is 3.44. The lowest BCUT2D eigenvalue weighted by molar-refractivity contribution is -0.123. The third kappa shape index (κ3) is 5.40. The van der Waals surface area contributed by atoms with Crippen molar-refractivity contribution in [2.45, 2.75) is 19.6 Å². The zero-order chi connectivity index (χ0) is 18.9. The van der Waals surface area contributed by atoms with Gasteiger partial charge >= 0.3 is 0 Å². The van der Waals surface area contributed by atoms with Crippen LogP contribution in [0.1, 0.15) is 17.3 Å². The van der Waals surface area contributed by atoms with Crippen molar-refractivity contribution in [1.29, 1.82) is 0 Å². The van der Waals surface area contributed by atoms with Crippen molar-refractivity contribution in [3.8, 4) is 0 Å². The number of furan rings is 3. The van der Waals surface area contributed by atoms with Gasteiger partial charge in [0.05, 0.1) is 38.4 Å². The van der Waals surface area contributed by atoms with Gasteiger partial charge < -0.3 is 29.2 Å². The number of carbonyl (C=O) groups is 2. The molecule has 0 spiro atoms. The summed E-state index contributed by atoms with van der Waals surface area (Å²) in [7, 11) is 0. The summed E-state index contributed by atoms with van der Waals surface area (Å²) in [4.78, 5) is 24.9. The van der Waals surface area contributed by atoms with E-state index >= 15 is 0 Å². The van der Waals surface area contributed by atoms with Gasteiger partial charge in [-0.05, 0) is 36.4 Å². The molecule has 3 aromatic heterocycles. The first-order valence-electron chi connectivity index (χ1n) is 8.29. The van der Waals surface area contributed by atoms with E-state index in [2.05, 4.69) is 16.0 Å². The van der Waals surface area contributed by atoms with E-state index < -0.39 is 11.8 Å². The molecule has 3 aromatic rings. The van der Waals surface area contributed by atoms with Crippen LogP contribution in [0.3, 0.4) is 0 Å². The Morgan fingerprint density at radius 2 is 1.19 bits per heavy atom. The van der Waals surface area contributed by atoms with Gasteiger partial charge in [0.1, 0.15) is 22.9 Å². The molecule has 8 nitrogen and oxygen atoms in total. The summed E-state index contributed by atoms with van der Waals surface area (Å²) in [5.74, 6) is 0.785. The van der Waals surface area contributed by atoms with Gasteiger partial charge in [-0.25, -0.2) is 0 Å². The molecule has 0 aliphatic carbocycles. The van der Waals surface area contributed by atoms with Crippen LogP contribution in [0.4, 0.5) is 0 Å². The maximum atomic E-state index is 12.5. The first-order valence-corrected chi connectivity index (χ1v) is 8.29. The molecule has 0 saturated heterocycles. The van der Waals surface area contributed by atoms with E-state index in [1.807, 2.05) is 0 Å². The van der Waals surface area contributed by atoms with Crippen LogP contribution < -0.4 is 16.0 Å². The molecule has 140 valence electrons. The SMILES string of the molecule is O=C(NCc1ccco1)C(=CNCc1ccco1)C(=O)NCc1ccco1. The molecule has 0 aromatic carbocycles. The standard InChI is InChI=1S/C19H19N3O5/c23-18(21-11-15-5-2-8-26-15)17(13-20-10-14-4-1-7-25-14)19(24)22-12-16-6-3-9-27-16/h1-9,13,20H,10-12H2,(H,21,23)(H,22,24). The first-order chi connectivity index (χ1) is 13.2. The third-order valence-electron chi connectivity index (χ3n) is 3.60. The Kier molecular flexibility index (Phi) is 6.13. The van der Waals surface area contributed by atoms with Crippen LogP contribution >= 0.6 is 0 Å². The molecular weight excluding hydrogens is 350 g/mol. The Balaban J connectivity index is 1.62. The largest absolute Gasteiger partial charge is 0.467 e. The van der Waals surface area contributed by atoms with Gasteiger partial charge in [-0.15, -0.1) is 0 Å². The van der Waals surface area contributed by atoms with E-state index in [-0.39, 0.29) is 18.7 Å². The van der Waals surface area contributed by atoms with Crippen LogP contribution in [0, 0.1) is 0 Å². The molecule has 0 atom stereocenters. The Morgan fingerprint density at radius 3 is 1.59 bits per heavy atom. The highest BCUT2D eigenvalue weighted by Gasteiger charge is 2.18. The minimum absolute atomic E-state index is 0.0698. The minimum atomic E-state index is -0.532. The minimum Gasteiger partial charge on any atom is -0.467 e. The maximum absolute atomic E-state index is 12.5. The second-order valence-corrected chi connectivity index (χ2v) is 5.54. The summed E-state index contributed by atoms with van der Waals surface area (Å²) in [5.41, 5.74) is -0.0698. The van der Waals surface area contributed by atoms with E-state index in [9.17, 15) is 9.59 Å². The number of nitrogens with one attached hydrogen (secondary N) is 3. The lowest BCUT2D eigenvalue weighted by Crippen LogP contribution is -2.35. The molecule has 3 N–H and O–H groups in total. The van der Waals surface area contributed by atoms with Gasteiger partial charge in [0.25, 0.3) is 11.8 Å². The van der Waals surface area contributed by atoms with Crippen molar-refractivity contribution in [2.75, 3.05) is 0 Å². The van der Waals surface area contributed by atoms with Crippen LogP contribution in [0.25, 0.3) is 0 Å². The zero-order valence-corrected chi connectivity index (χ0v) is 14.4. The molecule has 0 saturated carbocycles. The van der Waals surface area contributed by atoms with Crippen LogP contribution in [-0.4, -0.2) is 11.8 Å². The molecule has 0 aliphatic rings. The number of carbonyl (C=O) groups excluding carboxylic acids is 2. The van der Waals surface area contributed by atoms with Crippen molar-refractivity contribution < 1.29 is 22.8 Å². The number of rotatable bonds is 9. The van der Waals surface area contributed by atoms with Crippen molar-refractivity contribution >= 4 is 11.8 Å². The predicted molar refractivity (Wildman–Crippen MR) is 94.7 cm³/mol. The van der Waals surface area contributed by atoms with Gasteiger partial charge in [-0.1, -0.05) is 0 Å². The molecule has 0 fully saturated rings. The zero-order valence-electron chi connectivity index (χ0n) is 14.4. The van der Waals surface area contributed by atoms with Gasteiger partial charge in [0, 0.05) is 6.20 Å². The van der Waals surface area contributed by atoms with Crippen molar-refractivity contribution in [2.24, 2.45) is 0 Å². The first kappa shape index (κ1) is 18.1. The fraction of sp³-hybridized carbons (Fsp3) is 0.158. The summed E-state index contributed by atoms with van der Waals surface area (Å²) in [6, 6.07) is 10.5. The highest BCUT2D eigenvalue weighted by atomic mass is 16.3. The summed E-state index contributed by atoms with van der Waals surface area (Å²) < 4.78 is 15.6. The number of hydrogen-bond acceptors (Lipinski definition) is 6. The second kappa shape index (κ2) is 9.14. The van der Waals surface area contributed by atoms with Crippen LogP contribution in [-0.2, 0) is 29.2 Å². The third-order valence-corrected chi connectivity index (χ3v) is 3.60. The quantitative estimate of drug-likeness (QED) is 0.303. The van der Waals surface area contributed by atoms with E-state index in [0.29, 0.717) is 23.8 Å². The molecule has 3 rings (SSSR count). The highest BCUT2D eigenvalue weighted by Crippen LogP contribution is 2.04. The molecule has 0 bridgehead atoms. The summed E-state index contributed by atoms with van der Waals surface area (Å²) >= 11 is 0. The topological polar surface area (TPSA) is 110 Å². The molecule has 3 heterocycles. The Morgan fingerprint density at radius 1 is 0.741 bits per heavy atom. The fourth-order valence-electron chi connectivity index (χ4n) is 2.25. The van der Waals surface area contributed by atoms with Gasteiger partial charge in [0.2, 0.25) is 0 Å². The highest BCUT2D eigenvalue weighted by molar-refractivity contribution is 6.18. The Hall–Kier alpha value is -3.68. The van der Waals surface area contributed by atoms with Crippen molar-refractivity contribution in [1.82, 2.24) is 16.0 Å². The van der Waals surface area contributed by atoms with E-state index in [1.165, 1.54) is 18.7 Å². The van der Waals surface area contributed by atoms with Gasteiger partial charge in [0.15, 0.2) is 0 Å². The normalized spacial score (nSPS) is 10.2. The summed E-state index contributed by atoms with van der Waals surface area (Å²) in [6.07, 6.45) is 5.93. The van der Waals surface area contributed by atoms with E-state index in [4.69, 9.17) is 13.3 Å². The van der Waals surface area contributed by atoms with Gasteiger partial charge in [-0.2, -0.15) is 0 Å². The molecule has 8 heteroatoms. The molecule has 0 radical (unpaired) electrons. The molecule has 0 aliphatic heterocycles. The number of amides is 2. The van der Waals surface area contributed by atoms with E-state index in [0.717, 1.165) is 0 Å². The summed E-state index contributed by atoms with van der Waals surface area (Å²) in [5, 5.41) is 8.22. The lowest BCUT2D eigenvalue weighted by Gasteiger charge is -2.09. The fourth-order valence-corrected chi connectivity index (χ4v) is 2.25. The smallest absolute Gasteiger partial charge is 0.258 e. The average molecular weight is 369 g/mol. The summed E-state index contributed by atoms with van der Waals surface area (Å²) in [6.45, 7) is 0.688. The van der Waals surface area contributed by atoms with Crippen LogP contribution in [0.15, 0.2) is 80.2 Å². The lowest BCUT2D eigenvalue weighted by atomic mass is 10.2. The van der Waals surface area contributed by atoms with Crippen molar-refractivity contribution in [3.05, 3.63) is 84.2 Å².